The number of carbonyl (C=O) groups is 1. The highest BCUT2D eigenvalue weighted by atomic mass is 32.2. The molecule has 0 spiro atoms. The van der Waals surface area contributed by atoms with Crippen LogP contribution < -0.4 is 4.18 Å². The van der Waals surface area contributed by atoms with E-state index in [9.17, 15) is 23.3 Å². The van der Waals surface area contributed by atoms with Crippen LogP contribution in [0.2, 0.25) is 0 Å². The van der Waals surface area contributed by atoms with E-state index in [0.29, 0.717) is 33.0 Å². The van der Waals surface area contributed by atoms with Gasteiger partial charge in [0.1, 0.15) is 10.8 Å². The van der Waals surface area contributed by atoms with Crippen molar-refractivity contribution in [1.29, 1.82) is 0 Å². The predicted molar refractivity (Wildman–Crippen MR) is 118 cm³/mol. The van der Waals surface area contributed by atoms with Gasteiger partial charge in [0.15, 0.2) is 10.9 Å². The third kappa shape index (κ3) is 4.27. The molecule has 0 aliphatic carbocycles. The molecule has 4 rings (SSSR count). The largest absolute Gasteiger partial charge is 0.480 e. The van der Waals surface area contributed by atoms with E-state index in [2.05, 4.69) is 9.98 Å². The minimum Gasteiger partial charge on any atom is -0.480 e. The molecule has 12 heteroatoms. The number of benzene rings is 2. The van der Waals surface area contributed by atoms with Gasteiger partial charge in [-0.15, -0.1) is 11.8 Å². The molecule has 0 saturated carbocycles. The first-order valence-corrected chi connectivity index (χ1v) is 11.6. The molecule has 1 unspecified atom stereocenters. The van der Waals surface area contributed by atoms with Crippen molar-refractivity contribution in [1.82, 2.24) is 4.98 Å². The second kappa shape index (κ2) is 8.20. The lowest BCUT2D eigenvalue weighted by Gasteiger charge is -2.09. The molecule has 0 bridgehead atoms. The summed E-state index contributed by atoms with van der Waals surface area (Å²) >= 11 is 1.30. The molecule has 1 aliphatic rings. The molecular weight excluding hydrogens is 458 g/mol. The van der Waals surface area contributed by atoms with Gasteiger partial charge in [-0.3, -0.25) is 15.1 Å². The number of thioether (sulfide) groups is 1. The number of aromatic nitrogens is 1. The van der Waals surface area contributed by atoms with Gasteiger partial charge in [0.2, 0.25) is 0 Å². The van der Waals surface area contributed by atoms with Crippen molar-refractivity contribution in [2.75, 3.05) is 5.75 Å². The van der Waals surface area contributed by atoms with Crippen molar-refractivity contribution in [2.24, 2.45) is 4.99 Å². The molecule has 0 saturated heterocycles. The van der Waals surface area contributed by atoms with E-state index in [1.165, 1.54) is 36.0 Å². The zero-order valence-electron chi connectivity index (χ0n) is 16.5. The Kier molecular flexibility index (Phi) is 5.57. The SMILES string of the molecule is Cc1ccc(S(=O)(=O)Oc2ccc3nc(C4=NC(C(=O)O)CS4)ccc3c2)c([N+](=O)[O-])c1. The van der Waals surface area contributed by atoms with Gasteiger partial charge in [-0.25, -0.2) is 9.78 Å². The van der Waals surface area contributed by atoms with Crippen molar-refractivity contribution >= 4 is 49.5 Å². The molecule has 0 amide bonds. The molecule has 1 aliphatic heterocycles. The summed E-state index contributed by atoms with van der Waals surface area (Å²) in [6.45, 7) is 1.62. The average molecular weight is 473 g/mol. The zero-order valence-corrected chi connectivity index (χ0v) is 18.1. The molecule has 1 atom stereocenters. The van der Waals surface area contributed by atoms with Crippen LogP contribution in [0.15, 0.2) is 58.4 Å². The van der Waals surface area contributed by atoms with Gasteiger partial charge in [0.25, 0.3) is 5.69 Å². The minimum absolute atomic E-state index is 0.0274. The Balaban J connectivity index is 1.63. The van der Waals surface area contributed by atoms with Crippen LogP contribution in [0.25, 0.3) is 10.9 Å². The number of carboxylic acids is 1. The van der Waals surface area contributed by atoms with E-state index in [0.717, 1.165) is 6.07 Å². The van der Waals surface area contributed by atoms with E-state index in [1.807, 2.05) is 0 Å². The summed E-state index contributed by atoms with van der Waals surface area (Å²) in [4.78, 5) is 29.7. The Morgan fingerprint density at radius 1 is 1.22 bits per heavy atom. The Bertz CT molecular complexity index is 1400. The predicted octanol–water partition coefficient (Wildman–Crippen LogP) is 3.17. The maximum Gasteiger partial charge on any atom is 0.346 e. The first-order chi connectivity index (χ1) is 15.1. The van der Waals surface area contributed by atoms with Crippen LogP contribution in [0.1, 0.15) is 11.3 Å². The van der Waals surface area contributed by atoms with Crippen LogP contribution in [0.3, 0.4) is 0 Å². The quantitative estimate of drug-likeness (QED) is 0.323. The van der Waals surface area contributed by atoms with Crippen molar-refractivity contribution in [3.8, 4) is 5.75 Å². The first kappa shape index (κ1) is 21.7. The summed E-state index contributed by atoms with van der Waals surface area (Å²) in [6.07, 6.45) is 0. The van der Waals surface area contributed by atoms with Crippen molar-refractivity contribution < 1.29 is 27.4 Å². The number of aliphatic carboxylic acids is 1. The lowest BCUT2D eigenvalue weighted by molar-refractivity contribution is -0.387. The fraction of sp³-hybridized carbons (Fsp3) is 0.150. The number of pyridine rings is 1. The molecule has 1 aromatic heterocycles. The second-order valence-corrected chi connectivity index (χ2v) is 9.44. The highest BCUT2D eigenvalue weighted by Gasteiger charge is 2.28. The summed E-state index contributed by atoms with van der Waals surface area (Å²) in [5.74, 6) is -0.689. The molecule has 10 nitrogen and oxygen atoms in total. The number of rotatable bonds is 6. The fourth-order valence-electron chi connectivity index (χ4n) is 3.07. The van der Waals surface area contributed by atoms with Crippen LogP contribution in [-0.4, -0.2) is 46.2 Å². The van der Waals surface area contributed by atoms with Gasteiger partial charge in [-0.1, -0.05) is 12.1 Å². The lowest BCUT2D eigenvalue weighted by atomic mass is 10.2. The van der Waals surface area contributed by atoms with Gasteiger partial charge >= 0.3 is 16.1 Å². The van der Waals surface area contributed by atoms with E-state index in [1.54, 1.807) is 25.1 Å². The number of nitro groups is 1. The Morgan fingerprint density at radius 2 is 2.00 bits per heavy atom. The number of carboxylic acid groups (broad SMARTS) is 1. The van der Waals surface area contributed by atoms with Crippen molar-refractivity contribution in [3.63, 3.8) is 0 Å². The van der Waals surface area contributed by atoms with Gasteiger partial charge < -0.3 is 9.29 Å². The normalized spacial score (nSPS) is 16.0. The summed E-state index contributed by atoms with van der Waals surface area (Å²) in [5.41, 5.74) is 1.02. The zero-order chi connectivity index (χ0) is 23.0. The first-order valence-electron chi connectivity index (χ1n) is 9.18. The topological polar surface area (TPSA) is 149 Å². The highest BCUT2D eigenvalue weighted by Crippen LogP contribution is 2.30. The Morgan fingerprint density at radius 3 is 2.69 bits per heavy atom. The number of nitro benzene ring substituents is 1. The van der Waals surface area contributed by atoms with Gasteiger partial charge in [0, 0.05) is 17.2 Å². The summed E-state index contributed by atoms with van der Waals surface area (Å²) in [7, 11) is -4.45. The molecule has 32 heavy (non-hydrogen) atoms. The second-order valence-electron chi connectivity index (χ2n) is 6.92. The van der Waals surface area contributed by atoms with E-state index < -0.39 is 37.6 Å². The highest BCUT2D eigenvalue weighted by molar-refractivity contribution is 8.14. The van der Waals surface area contributed by atoms with Crippen LogP contribution in [0.5, 0.6) is 5.75 Å². The molecular formula is C20H15N3O7S2. The number of hydrogen-bond acceptors (Lipinski definition) is 9. The van der Waals surface area contributed by atoms with E-state index in [-0.39, 0.29) is 5.75 Å². The molecule has 2 heterocycles. The third-order valence-electron chi connectivity index (χ3n) is 4.60. The number of aryl methyl sites for hydroxylation is 1. The van der Waals surface area contributed by atoms with Crippen LogP contribution in [-0.2, 0) is 14.9 Å². The monoisotopic (exact) mass is 473 g/mol. The molecule has 2 aromatic carbocycles. The van der Waals surface area contributed by atoms with Crippen LogP contribution in [0.4, 0.5) is 5.69 Å². The molecule has 0 radical (unpaired) electrons. The lowest BCUT2D eigenvalue weighted by Crippen LogP contribution is -2.17. The van der Waals surface area contributed by atoms with Gasteiger partial charge in [0.05, 0.1) is 16.1 Å². The number of hydrogen-bond donors (Lipinski definition) is 1. The van der Waals surface area contributed by atoms with Crippen LogP contribution in [0, 0.1) is 17.0 Å². The maximum absolute atomic E-state index is 12.7. The average Bonchev–Trinajstić information content (AvgIpc) is 3.23. The Labute approximate surface area is 186 Å². The number of nitrogens with zero attached hydrogens (tertiary/aromatic N) is 3. The third-order valence-corrected chi connectivity index (χ3v) is 6.97. The number of fused-ring (bicyclic) bond motifs is 1. The molecule has 164 valence electrons. The van der Waals surface area contributed by atoms with Gasteiger partial charge in [-0.2, -0.15) is 8.42 Å². The fourth-order valence-corrected chi connectivity index (χ4v) is 5.14. The number of aliphatic imine (C=N–C) groups is 1. The smallest absolute Gasteiger partial charge is 0.346 e. The molecule has 0 fully saturated rings. The summed E-state index contributed by atoms with van der Waals surface area (Å²) in [6, 6.07) is 10.7. The molecule has 1 N–H and O–H groups in total. The van der Waals surface area contributed by atoms with Gasteiger partial charge in [-0.05, 0) is 42.8 Å². The minimum atomic E-state index is -4.45. The van der Waals surface area contributed by atoms with Crippen molar-refractivity contribution in [2.45, 2.75) is 17.9 Å². The van der Waals surface area contributed by atoms with Crippen molar-refractivity contribution in [3.05, 3.63) is 69.9 Å². The van der Waals surface area contributed by atoms with E-state index in [4.69, 9.17) is 9.29 Å². The molecule has 3 aromatic rings. The van der Waals surface area contributed by atoms with E-state index >= 15 is 0 Å². The maximum atomic E-state index is 12.7. The van der Waals surface area contributed by atoms with Crippen LogP contribution >= 0.6 is 11.8 Å². The summed E-state index contributed by atoms with van der Waals surface area (Å²) < 4.78 is 30.5. The Hall–Kier alpha value is -3.51. The summed E-state index contributed by atoms with van der Waals surface area (Å²) in [5, 5.41) is 21.4. The standard InChI is InChI=1S/C20H15N3O7S2/c1-11-2-7-18(17(8-11)23(26)27)32(28,29)30-13-4-6-14-12(9-13)3-5-15(21-14)19-22-16(10-31-19)20(24)25/h2-9,16H,10H2,1H3,(H,24,25).